The van der Waals surface area contributed by atoms with Gasteiger partial charge >= 0.3 is 0 Å². The molecule has 6 N–H and O–H groups in total. The fraction of sp³-hybridized carbons (Fsp3) is 0.300. The largest absolute Gasteiger partial charge is 0.396 e. The van der Waals surface area contributed by atoms with Crippen molar-refractivity contribution in [1.29, 1.82) is 0 Å². The number of pyridine rings is 2. The molecule has 0 aromatic carbocycles. The first-order chi connectivity index (χ1) is 14.1. The van der Waals surface area contributed by atoms with Crippen molar-refractivity contribution < 1.29 is 15.3 Å². The molecule has 4 rings (SSSR count). The second kappa shape index (κ2) is 8.08. The summed E-state index contributed by atoms with van der Waals surface area (Å²) in [7, 11) is 0. The second-order valence-corrected chi connectivity index (χ2v) is 6.99. The van der Waals surface area contributed by atoms with Crippen LogP contribution < -0.4 is 11.1 Å². The van der Waals surface area contributed by atoms with Crippen LogP contribution in [0.2, 0.25) is 0 Å². The van der Waals surface area contributed by atoms with Gasteiger partial charge in [-0.05, 0) is 30.7 Å². The van der Waals surface area contributed by atoms with Gasteiger partial charge in [-0.1, -0.05) is 12.1 Å². The van der Waals surface area contributed by atoms with Crippen molar-refractivity contribution in [3.63, 3.8) is 0 Å². The lowest BCUT2D eigenvalue weighted by atomic mass is 10.1. The summed E-state index contributed by atoms with van der Waals surface area (Å²) in [6, 6.07) is 10.4. The van der Waals surface area contributed by atoms with Crippen LogP contribution in [0.4, 0.5) is 11.8 Å². The van der Waals surface area contributed by atoms with E-state index >= 15 is 0 Å². The van der Waals surface area contributed by atoms with Crippen LogP contribution in [0.25, 0.3) is 22.6 Å². The number of hydrogen-bond donors (Lipinski definition) is 5. The molecule has 4 atom stereocenters. The Morgan fingerprint density at radius 2 is 1.66 bits per heavy atom. The fourth-order valence-electron chi connectivity index (χ4n) is 3.65. The third kappa shape index (κ3) is 3.75. The van der Waals surface area contributed by atoms with Crippen molar-refractivity contribution in [1.82, 2.24) is 19.9 Å². The molecule has 1 aliphatic rings. The molecule has 0 radical (unpaired) electrons. The lowest BCUT2D eigenvalue weighted by Gasteiger charge is -2.21. The second-order valence-electron chi connectivity index (χ2n) is 6.99. The van der Waals surface area contributed by atoms with E-state index in [4.69, 9.17) is 5.73 Å². The Bertz CT molecular complexity index is 973. The van der Waals surface area contributed by atoms with E-state index in [2.05, 4.69) is 25.3 Å². The number of aliphatic hydroxyl groups excluding tert-OH is 3. The Labute approximate surface area is 167 Å². The maximum atomic E-state index is 10.4. The Balaban J connectivity index is 1.82. The van der Waals surface area contributed by atoms with Crippen molar-refractivity contribution in [2.24, 2.45) is 5.92 Å². The Morgan fingerprint density at radius 3 is 2.24 bits per heavy atom. The van der Waals surface area contributed by atoms with E-state index in [1.54, 1.807) is 24.5 Å². The third-order valence-electron chi connectivity index (χ3n) is 5.11. The maximum Gasteiger partial charge on any atom is 0.222 e. The zero-order chi connectivity index (χ0) is 20.4. The molecule has 3 heterocycles. The lowest BCUT2D eigenvalue weighted by molar-refractivity contribution is 0.00446. The van der Waals surface area contributed by atoms with Gasteiger partial charge in [-0.15, -0.1) is 0 Å². The van der Waals surface area contributed by atoms with Crippen LogP contribution in [0.3, 0.4) is 0 Å². The molecule has 1 fully saturated rings. The molecule has 0 amide bonds. The minimum Gasteiger partial charge on any atom is -0.396 e. The smallest absolute Gasteiger partial charge is 0.222 e. The number of rotatable bonds is 5. The van der Waals surface area contributed by atoms with Crippen molar-refractivity contribution in [2.75, 3.05) is 17.7 Å². The van der Waals surface area contributed by atoms with Crippen LogP contribution >= 0.6 is 0 Å². The molecular formula is C20H22N6O3. The maximum absolute atomic E-state index is 10.4. The van der Waals surface area contributed by atoms with Crippen LogP contribution in [-0.4, -0.2) is 60.1 Å². The SMILES string of the molecule is Nc1nc(N[C@@H]2C[C@H](CO)[C@@H](O)[C@H]2O)c(-c2ccccn2)c(-c2ccccn2)n1. The van der Waals surface area contributed by atoms with E-state index in [1.807, 2.05) is 24.3 Å². The van der Waals surface area contributed by atoms with Gasteiger partial charge in [-0.3, -0.25) is 9.97 Å². The van der Waals surface area contributed by atoms with Gasteiger partial charge in [0.2, 0.25) is 5.95 Å². The normalized spacial score (nSPS) is 23.8. The highest BCUT2D eigenvalue weighted by Gasteiger charge is 2.41. The summed E-state index contributed by atoms with van der Waals surface area (Å²) < 4.78 is 0. The average Bonchev–Trinajstić information content (AvgIpc) is 3.02. The minimum absolute atomic E-state index is 0.0413. The van der Waals surface area contributed by atoms with E-state index in [1.165, 1.54) is 0 Å². The molecule has 9 nitrogen and oxygen atoms in total. The average molecular weight is 394 g/mol. The monoisotopic (exact) mass is 394 g/mol. The minimum atomic E-state index is -1.06. The Hall–Kier alpha value is -3.14. The molecule has 9 heteroatoms. The molecular weight excluding hydrogens is 372 g/mol. The first-order valence-electron chi connectivity index (χ1n) is 9.32. The number of nitrogen functional groups attached to an aromatic ring is 1. The van der Waals surface area contributed by atoms with E-state index < -0.39 is 24.2 Å². The molecule has 150 valence electrons. The summed E-state index contributed by atoms with van der Waals surface area (Å²) in [5.41, 5.74) is 8.28. The molecule has 1 saturated carbocycles. The molecule has 0 saturated heterocycles. The third-order valence-corrected chi connectivity index (χ3v) is 5.11. The van der Waals surface area contributed by atoms with Crippen LogP contribution in [0.15, 0.2) is 48.8 Å². The van der Waals surface area contributed by atoms with Crippen molar-refractivity contribution >= 4 is 11.8 Å². The number of aromatic nitrogens is 4. The van der Waals surface area contributed by atoms with Crippen LogP contribution in [0.5, 0.6) is 0 Å². The van der Waals surface area contributed by atoms with Gasteiger partial charge in [0.25, 0.3) is 0 Å². The summed E-state index contributed by atoms with van der Waals surface area (Å²) in [5, 5.41) is 33.2. The zero-order valence-corrected chi connectivity index (χ0v) is 15.6. The number of nitrogens with zero attached hydrogens (tertiary/aromatic N) is 4. The van der Waals surface area contributed by atoms with Crippen LogP contribution in [0.1, 0.15) is 6.42 Å². The number of hydrogen-bond acceptors (Lipinski definition) is 9. The van der Waals surface area contributed by atoms with Gasteiger partial charge in [0.15, 0.2) is 0 Å². The number of aliphatic hydroxyl groups is 3. The molecule has 3 aromatic heterocycles. The van der Waals surface area contributed by atoms with Gasteiger partial charge in [-0.25, -0.2) is 4.98 Å². The highest BCUT2D eigenvalue weighted by Crippen LogP contribution is 2.36. The molecule has 0 aliphatic heterocycles. The number of nitrogens with two attached hydrogens (primary N) is 1. The summed E-state index contributed by atoms with van der Waals surface area (Å²) in [6.07, 6.45) is 1.62. The summed E-state index contributed by atoms with van der Waals surface area (Å²) in [4.78, 5) is 17.5. The molecule has 3 aromatic rings. The lowest BCUT2D eigenvalue weighted by Crippen LogP contribution is -2.35. The van der Waals surface area contributed by atoms with E-state index in [0.29, 0.717) is 34.9 Å². The number of anilines is 2. The zero-order valence-electron chi connectivity index (χ0n) is 15.6. The highest BCUT2D eigenvalue weighted by atomic mass is 16.3. The molecule has 29 heavy (non-hydrogen) atoms. The Morgan fingerprint density at radius 1 is 0.966 bits per heavy atom. The number of nitrogens with one attached hydrogen (secondary N) is 1. The first-order valence-corrected chi connectivity index (χ1v) is 9.32. The molecule has 0 unspecified atom stereocenters. The van der Waals surface area contributed by atoms with Crippen LogP contribution in [0, 0.1) is 5.92 Å². The van der Waals surface area contributed by atoms with Gasteiger partial charge < -0.3 is 26.4 Å². The fourth-order valence-corrected chi connectivity index (χ4v) is 3.65. The van der Waals surface area contributed by atoms with Gasteiger partial charge in [-0.2, -0.15) is 4.98 Å². The van der Waals surface area contributed by atoms with Crippen molar-refractivity contribution in [3.05, 3.63) is 48.8 Å². The summed E-state index contributed by atoms with van der Waals surface area (Å²) in [5.74, 6) is 0.00140. The summed E-state index contributed by atoms with van der Waals surface area (Å²) in [6.45, 7) is -0.214. The van der Waals surface area contributed by atoms with Crippen molar-refractivity contribution in [2.45, 2.75) is 24.7 Å². The summed E-state index contributed by atoms with van der Waals surface area (Å²) >= 11 is 0. The van der Waals surface area contributed by atoms with Gasteiger partial charge in [0.05, 0.1) is 29.1 Å². The Kier molecular flexibility index (Phi) is 5.34. The van der Waals surface area contributed by atoms with Gasteiger partial charge in [0, 0.05) is 24.9 Å². The predicted molar refractivity (Wildman–Crippen MR) is 108 cm³/mol. The molecule has 0 bridgehead atoms. The predicted octanol–water partition coefficient (Wildman–Crippen LogP) is 0.697. The quantitative estimate of drug-likeness (QED) is 0.421. The molecule has 0 spiro atoms. The molecule has 1 aliphatic carbocycles. The highest BCUT2D eigenvalue weighted by molar-refractivity contribution is 5.86. The van der Waals surface area contributed by atoms with E-state index in [0.717, 1.165) is 0 Å². The van der Waals surface area contributed by atoms with Gasteiger partial charge in [0.1, 0.15) is 17.6 Å². The van der Waals surface area contributed by atoms with E-state index in [-0.39, 0.29) is 12.6 Å². The van der Waals surface area contributed by atoms with Crippen LogP contribution in [-0.2, 0) is 0 Å². The standard InChI is InChI=1S/C20H22N6O3/c21-20-25-16(13-6-2-4-8-23-13)15(12-5-1-3-7-22-12)19(26-20)24-14-9-11(10-27)17(28)18(14)29/h1-8,11,14,17-18,27-29H,9-10H2,(H3,21,24,25,26)/t11-,14-,17-,18+/m1/s1. The van der Waals surface area contributed by atoms with E-state index in [9.17, 15) is 15.3 Å². The first kappa shape index (κ1) is 19.2. The van der Waals surface area contributed by atoms with Crippen molar-refractivity contribution in [3.8, 4) is 22.6 Å². The topological polar surface area (TPSA) is 150 Å².